The van der Waals surface area contributed by atoms with Gasteiger partial charge in [0, 0.05) is 12.2 Å². The second-order valence-electron chi connectivity index (χ2n) is 6.04. The summed E-state index contributed by atoms with van der Waals surface area (Å²) < 4.78 is 0. The summed E-state index contributed by atoms with van der Waals surface area (Å²) in [7, 11) is 0. The Morgan fingerprint density at radius 2 is 1.71 bits per heavy atom. The highest BCUT2D eigenvalue weighted by Gasteiger charge is 2.29. The molecule has 2 aliphatic rings. The molecule has 0 N–H and O–H groups in total. The van der Waals surface area contributed by atoms with Crippen LogP contribution in [0.5, 0.6) is 0 Å². The molecule has 0 saturated carbocycles. The minimum Gasteiger partial charge on any atom is -0.364 e. The van der Waals surface area contributed by atoms with Crippen LogP contribution < -0.4 is 4.90 Å². The Labute approximate surface area is 126 Å². The topological polar surface area (TPSA) is 3.24 Å². The largest absolute Gasteiger partial charge is 0.364 e. The van der Waals surface area contributed by atoms with Gasteiger partial charge in [0.1, 0.15) is 0 Å². The lowest BCUT2D eigenvalue weighted by molar-refractivity contribution is 0.613. The van der Waals surface area contributed by atoms with Crippen LogP contribution in [-0.2, 0) is 6.42 Å². The van der Waals surface area contributed by atoms with Gasteiger partial charge in [0.05, 0.1) is 6.04 Å². The average molecular weight is 275 g/mol. The maximum absolute atomic E-state index is 2.63. The van der Waals surface area contributed by atoms with Crippen molar-refractivity contribution in [3.05, 3.63) is 71.8 Å². The van der Waals surface area contributed by atoms with Crippen LogP contribution in [0.4, 0.5) is 5.69 Å². The van der Waals surface area contributed by atoms with E-state index in [4.69, 9.17) is 0 Å². The Hall–Kier alpha value is -2.02. The summed E-state index contributed by atoms with van der Waals surface area (Å²) >= 11 is 0. The molecule has 0 spiro atoms. The van der Waals surface area contributed by atoms with Gasteiger partial charge in [-0.15, -0.1) is 0 Å². The monoisotopic (exact) mass is 275 g/mol. The fourth-order valence-corrected chi connectivity index (χ4v) is 3.81. The van der Waals surface area contributed by atoms with Gasteiger partial charge >= 0.3 is 0 Å². The SMILES string of the molecule is C1=C(c2ccccc2)[C@@H](N2CCc3ccccc32)CCC1. The minimum absolute atomic E-state index is 0.546. The zero-order chi connectivity index (χ0) is 14.1. The Balaban J connectivity index is 1.71. The number of allylic oxidation sites excluding steroid dienone is 1. The second-order valence-corrected chi connectivity index (χ2v) is 6.04. The molecule has 106 valence electrons. The number of hydrogen-bond acceptors (Lipinski definition) is 1. The first-order valence-corrected chi connectivity index (χ1v) is 8.03. The molecular formula is C20H21N. The van der Waals surface area contributed by atoms with E-state index in [1.165, 1.54) is 48.1 Å². The predicted molar refractivity (Wildman–Crippen MR) is 89.6 cm³/mol. The third-order valence-corrected chi connectivity index (χ3v) is 4.81. The van der Waals surface area contributed by atoms with Crippen LogP contribution in [0.3, 0.4) is 0 Å². The smallest absolute Gasteiger partial charge is 0.0545 e. The summed E-state index contributed by atoms with van der Waals surface area (Å²) in [5.41, 5.74) is 5.88. The second kappa shape index (κ2) is 5.40. The number of benzene rings is 2. The fraction of sp³-hybridized carbons (Fsp3) is 0.300. The Kier molecular flexibility index (Phi) is 3.27. The number of nitrogens with zero attached hydrogens (tertiary/aromatic N) is 1. The minimum atomic E-state index is 0.546. The maximum atomic E-state index is 2.63. The van der Waals surface area contributed by atoms with Crippen LogP contribution in [0.15, 0.2) is 60.7 Å². The first-order valence-electron chi connectivity index (χ1n) is 8.03. The number of fused-ring (bicyclic) bond motifs is 1. The first-order chi connectivity index (χ1) is 10.4. The molecule has 2 aromatic carbocycles. The first kappa shape index (κ1) is 12.7. The van der Waals surface area contributed by atoms with Gasteiger partial charge < -0.3 is 4.90 Å². The molecule has 0 aromatic heterocycles. The molecule has 0 unspecified atom stereocenters. The normalized spacial score (nSPS) is 21.0. The number of rotatable bonds is 2. The van der Waals surface area contributed by atoms with Gasteiger partial charge in [-0.2, -0.15) is 0 Å². The molecule has 0 saturated heterocycles. The molecule has 1 heterocycles. The maximum Gasteiger partial charge on any atom is 0.0545 e. The molecule has 1 atom stereocenters. The van der Waals surface area contributed by atoms with Crippen LogP contribution in [0.2, 0.25) is 0 Å². The summed E-state index contributed by atoms with van der Waals surface area (Å²) in [6.07, 6.45) is 7.45. The number of anilines is 1. The predicted octanol–water partition coefficient (Wildman–Crippen LogP) is 4.69. The zero-order valence-corrected chi connectivity index (χ0v) is 12.3. The van der Waals surface area contributed by atoms with Gasteiger partial charge in [-0.3, -0.25) is 0 Å². The molecule has 0 bridgehead atoms. The Morgan fingerprint density at radius 1 is 0.905 bits per heavy atom. The van der Waals surface area contributed by atoms with Gasteiger partial charge in [0.2, 0.25) is 0 Å². The highest BCUT2D eigenvalue weighted by Crippen LogP contribution is 2.37. The lowest BCUT2D eigenvalue weighted by Crippen LogP contribution is -2.36. The van der Waals surface area contributed by atoms with Gasteiger partial charge in [-0.05, 0) is 48.4 Å². The van der Waals surface area contributed by atoms with Gasteiger partial charge in [0.25, 0.3) is 0 Å². The van der Waals surface area contributed by atoms with Crippen molar-refractivity contribution in [2.45, 2.75) is 31.7 Å². The summed E-state index contributed by atoms with van der Waals surface area (Å²) in [4.78, 5) is 2.63. The van der Waals surface area contributed by atoms with E-state index in [1.807, 2.05) is 0 Å². The van der Waals surface area contributed by atoms with Crippen molar-refractivity contribution in [3.63, 3.8) is 0 Å². The van der Waals surface area contributed by atoms with Crippen LogP contribution >= 0.6 is 0 Å². The van der Waals surface area contributed by atoms with Crippen molar-refractivity contribution in [2.24, 2.45) is 0 Å². The van der Waals surface area contributed by atoms with Crippen LogP contribution in [0.25, 0.3) is 5.57 Å². The number of para-hydroxylation sites is 1. The lowest BCUT2D eigenvalue weighted by atomic mass is 9.88. The molecular weight excluding hydrogens is 254 g/mol. The van der Waals surface area contributed by atoms with Crippen molar-refractivity contribution in [1.82, 2.24) is 0 Å². The third kappa shape index (κ3) is 2.27. The third-order valence-electron chi connectivity index (χ3n) is 4.81. The molecule has 1 aliphatic carbocycles. The molecule has 0 amide bonds. The van der Waals surface area contributed by atoms with E-state index >= 15 is 0 Å². The van der Waals surface area contributed by atoms with Crippen LogP contribution in [0, 0.1) is 0 Å². The van der Waals surface area contributed by atoms with E-state index in [0.717, 1.165) is 6.54 Å². The summed E-state index contributed by atoms with van der Waals surface area (Å²) in [5, 5.41) is 0. The van der Waals surface area contributed by atoms with E-state index in [9.17, 15) is 0 Å². The molecule has 2 aromatic rings. The van der Waals surface area contributed by atoms with Crippen molar-refractivity contribution < 1.29 is 0 Å². The molecule has 0 radical (unpaired) electrons. The summed E-state index contributed by atoms with van der Waals surface area (Å²) in [6, 6.07) is 20.4. The van der Waals surface area contributed by atoms with Crippen molar-refractivity contribution >= 4 is 11.3 Å². The summed E-state index contributed by atoms with van der Waals surface area (Å²) in [5.74, 6) is 0. The van der Waals surface area contributed by atoms with Gasteiger partial charge in [-0.1, -0.05) is 54.6 Å². The molecule has 0 fully saturated rings. The molecule has 1 nitrogen and oxygen atoms in total. The van der Waals surface area contributed by atoms with E-state index in [0.29, 0.717) is 6.04 Å². The van der Waals surface area contributed by atoms with Gasteiger partial charge in [-0.25, -0.2) is 0 Å². The Morgan fingerprint density at radius 3 is 2.62 bits per heavy atom. The molecule has 1 heteroatoms. The summed E-state index contributed by atoms with van der Waals surface area (Å²) in [6.45, 7) is 1.16. The highest BCUT2D eigenvalue weighted by atomic mass is 15.2. The number of hydrogen-bond donors (Lipinski definition) is 0. The van der Waals surface area contributed by atoms with Crippen molar-refractivity contribution in [1.29, 1.82) is 0 Å². The van der Waals surface area contributed by atoms with E-state index < -0.39 is 0 Å². The van der Waals surface area contributed by atoms with E-state index in [-0.39, 0.29) is 0 Å². The molecule has 21 heavy (non-hydrogen) atoms. The van der Waals surface area contributed by atoms with Crippen LogP contribution in [-0.4, -0.2) is 12.6 Å². The van der Waals surface area contributed by atoms with Crippen molar-refractivity contribution in [2.75, 3.05) is 11.4 Å². The van der Waals surface area contributed by atoms with Crippen molar-refractivity contribution in [3.8, 4) is 0 Å². The van der Waals surface area contributed by atoms with Gasteiger partial charge in [0.15, 0.2) is 0 Å². The average Bonchev–Trinajstić information content (AvgIpc) is 3.00. The zero-order valence-electron chi connectivity index (χ0n) is 12.3. The van der Waals surface area contributed by atoms with E-state index in [2.05, 4.69) is 65.6 Å². The Bertz CT molecular complexity index is 657. The molecule has 1 aliphatic heterocycles. The fourth-order valence-electron chi connectivity index (χ4n) is 3.81. The quantitative estimate of drug-likeness (QED) is 0.769. The lowest BCUT2D eigenvalue weighted by Gasteiger charge is -2.35. The van der Waals surface area contributed by atoms with E-state index in [1.54, 1.807) is 0 Å². The standard InChI is InChI=1S/C20H21N/c1-2-8-16(9-3-1)18-11-5-7-13-20(18)21-15-14-17-10-4-6-12-19(17)21/h1-4,6,8-12,20H,5,7,13-15H2/t20-/m0/s1. The molecule has 4 rings (SSSR count). The van der Waals surface area contributed by atoms with Crippen LogP contribution in [0.1, 0.15) is 30.4 Å². The highest BCUT2D eigenvalue weighted by molar-refractivity contribution is 5.75.